The monoisotopic (exact) mass is 260 g/mol. The van der Waals surface area contributed by atoms with E-state index in [4.69, 9.17) is 5.11 Å². The van der Waals surface area contributed by atoms with Gasteiger partial charge in [0.25, 0.3) is 5.91 Å². The molecule has 0 saturated carbocycles. The smallest absolute Gasteiger partial charge is 0.305 e. The number of aromatic amines is 1. The van der Waals surface area contributed by atoms with Crippen LogP contribution in [0.5, 0.6) is 0 Å². The molecular weight excluding hydrogens is 248 g/mol. The molecule has 0 unspecified atom stereocenters. The van der Waals surface area contributed by atoms with Crippen molar-refractivity contribution in [3.8, 4) is 0 Å². The average Bonchev–Trinajstić information content (AvgIpc) is 2.93. The van der Waals surface area contributed by atoms with Crippen LogP contribution in [0, 0.1) is 0 Å². The van der Waals surface area contributed by atoms with Crippen LogP contribution < -0.4 is 4.90 Å². The van der Waals surface area contributed by atoms with Gasteiger partial charge >= 0.3 is 5.97 Å². The van der Waals surface area contributed by atoms with Gasteiger partial charge in [0, 0.05) is 12.7 Å². The summed E-state index contributed by atoms with van der Waals surface area (Å²) in [7, 11) is 0. The molecule has 0 radical (unpaired) electrons. The van der Waals surface area contributed by atoms with E-state index >= 15 is 0 Å². The van der Waals surface area contributed by atoms with Crippen LogP contribution in [0.2, 0.25) is 0 Å². The first-order chi connectivity index (χ1) is 9.18. The summed E-state index contributed by atoms with van der Waals surface area (Å²) < 4.78 is 0. The SMILES string of the molecule is O=C(O)CCN(C(=O)c1cnc[nH]1)c1ccccn1. The van der Waals surface area contributed by atoms with Gasteiger partial charge in [0.1, 0.15) is 11.5 Å². The minimum Gasteiger partial charge on any atom is -0.481 e. The number of aromatic nitrogens is 3. The molecular formula is C12H12N4O3. The van der Waals surface area contributed by atoms with Gasteiger partial charge in [-0.2, -0.15) is 0 Å². The van der Waals surface area contributed by atoms with Gasteiger partial charge in [-0.05, 0) is 12.1 Å². The number of carbonyl (C=O) groups excluding carboxylic acids is 1. The van der Waals surface area contributed by atoms with Crippen LogP contribution in [0.25, 0.3) is 0 Å². The molecule has 2 aromatic heterocycles. The van der Waals surface area contributed by atoms with Crippen molar-refractivity contribution in [3.05, 3.63) is 42.6 Å². The number of H-pyrrole nitrogens is 1. The minimum atomic E-state index is -0.974. The number of carbonyl (C=O) groups is 2. The largest absolute Gasteiger partial charge is 0.481 e. The fraction of sp³-hybridized carbons (Fsp3) is 0.167. The highest BCUT2D eigenvalue weighted by atomic mass is 16.4. The lowest BCUT2D eigenvalue weighted by Gasteiger charge is -2.19. The lowest BCUT2D eigenvalue weighted by atomic mass is 10.3. The van der Waals surface area contributed by atoms with Gasteiger partial charge in [-0.3, -0.25) is 14.5 Å². The lowest BCUT2D eigenvalue weighted by Crippen LogP contribution is -2.33. The molecule has 19 heavy (non-hydrogen) atoms. The Balaban J connectivity index is 2.24. The highest BCUT2D eigenvalue weighted by Gasteiger charge is 2.20. The Bertz CT molecular complexity index is 554. The number of hydrogen-bond donors (Lipinski definition) is 2. The molecule has 2 N–H and O–H groups in total. The summed E-state index contributed by atoms with van der Waals surface area (Å²) >= 11 is 0. The molecule has 0 spiro atoms. The molecule has 0 saturated heterocycles. The third-order valence-corrected chi connectivity index (χ3v) is 2.45. The molecule has 2 heterocycles. The van der Waals surface area contributed by atoms with E-state index in [1.54, 1.807) is 24.4 Å². The Kier molecular flexibility index (Phi) is 3.87. The third-order valence-electron chi connectivity index (χ3n) is 2.45. The van der Waals surface area contributed by atoms with Gasteiger partial charge < -0.3 is 10.1 Å². The molecule has 7 heteroatoms. The van der Waals surface area contributed by atoms with Gasteiger partial charge in [0.15, 0.2) is 0 Å². The minimum absolute atomic E-state index is 0.0458. The zero-order valence-electron chi connectivity index (χ0n) is 9.98. The summed E-state index contributed by atoms with van der Waals surface area (Å²) in [6, 6.07) is 5.10. The van der Waals surface area contributed by atoms with Crippen molar-refractivity contribution in [2.45, 2.75) is 6.42 Å². The summed E-state index contributed by atoms with van der Waals surface area (Å²) in [5.41, 5.74) is 0.288. The first-order valence-corrected chi connectivity index (χ1v) is 5.61. The molecule has 0 bridgehead atoms. The molecule has 7 nitrogen and oxygen atoms in total. The first-order valence-electron chi connectivity index (χ1n) is 5.61. The molecule has 0 fully saturated rings. The van der Waals surface area contributed by atoms with E-state index in [0.29, 0.717) is 5.82 Å². The number of nitrogens with one attached hydrogen (secondary N) is 1. The molecule has 98 valence electrons. The van der Waals surface area contributed by atoms with E-state index in [1.807, 2.05) is 0 Å². The van der Waals surface area contributed by atoms with E-state index in [0.717, 1.165) is 0 Å². The predicted octanol–water partition coefficient (Wildman–Crippen LogP) is 0.926. The number of amides is 1. The van der Waals surface area contributed by atoms with E-state index in [2.05, 4.69) is 15.0 Å². The topological polar surface area (TPSA) is 99.2 Å². The highest BCUT2D eigenvalue weighted by molar-refractivity contribution is 6.04. The maximum atomic E-state index is 12.2. The number of pyridine rings is 1. The summed E-state index contributed by atoms with van der Waals surface area (Å²) in [6.07, 6.45) is 4.17. The Morgan fingerprint density at radius 1 is 1.37 bits per heavy atom. The van der Waals surface area contributed by atoms with E-state index < -0.39 is 5.97 Å². The molecule has 0 aromatic carbocycles. The molecule has 2 rings (SSSR count). The first kappa shape index (κ1) is 12.7. The number of rotatable bonds is 5. The van der Waals surface area contributed by atoms with Gasteiger partial charge in [0.2, 0.25) is 0 Å². The van der Waals surface area contributed by atoms with Crippen LogP contribution in [-0.2, 0) is 4.79 Å². The van der Waals surface area contributed by atoms with Crippen molar-refractivity contribution in [3.63, 3.8) is 0 Å². The fourth-order valence-electron chi connectivity index (χ4n) is 1.56. The van der Waals surface area contributed by atoms with Gasteiger partial charge in [0.05, 0.1) is 18.9 Å². The molecule has 2 aromatic rings. The van der Waals surface area contributed by atoms with Gasteiger partial charge in [-0.15, -0.1) is 0 Å². The molecule has 0 aliphatic heterocycles. The van der Waals surface area contributed by atoms with Crippen molar-refractivity contribution >= 4 is 17.7 Å². The number of nitrogens with zero attached hydrogens (tertiary/aromatic N) is 3. The standard InChI is InChI=1S/C12H12N4O3/c17-11(18)4-6-16(10-3-1-2-5-14-10)12(19)9-7-13-8-15-9/h1-3,5,7-8H,4,6H2,(H,13,15)(H,17,18). The van der Waals surface area contributed by atoms with Crippen LogP contribution in [0.3, 0.4) is 0 Å². The number of aliphatic carboxylic acids is 1. The quantitative estimate of drug-likeness (QED) is 0.833. The van der Waals surface area contributed by atoms with Crippen molar-refractivity contribution in [1.29, 1.82) is 0 Å². The molecule has 1 amide bonds. The van der Waals surface area contributed by atoms with Crippen LogP contribution in [0.1, 0.15) is 16.9 Å². The Labute approximate surface area is 108 Å². The Hall–Kier alpha value is -2.70. The van der Waals surface area contributed by atoms with Crippen LogP contribution in [0.4, 0.5) is 5.82 Å². The van der Waals surface area contributed by atoms with E-state index in [-0.39, 0.29) is 24.6 Å². The Morgan fingerprint density at radius 3 is 2.79 bits per heavy atom. The normalized spacial score (nSPS) is 10.1. The summed E-state index contributed by atoms with van der Waals surface area (Å²) in [4.78, 5) is 34.8. The predicted molar refractivity (Wildman–Crippen MR) is 66.8 cm³/mol. The second kappa shape index (κ2) is 5.76. The van der Waals surface area contributed by atoms with Gasteiger partial charge in [-0.1, -0.05) is 6.07 Å². The average molecular weight is 260 g/mol. The van der Waals surface area contributed by atoms with Crippen molar-refractivity contribution < 1.29 is 14.7 Å². The van der Waals surface area contributed by atoms with Crippen LogP contribution >= 0.6 is 0 Å². The van der Waals surface area contributed by atoms with Crippen LogP contribution in [0.15, 0.2) is 36.9 Å². The van der Waals surface area contributed by atoms with E-state index in [1.165, 1.54) is 17.4 Å². The number of carboxylic acid groups (broad SMARTS) is 1. The summed E-state index contributed by atoms with van der Waals surface area (Å²) in [5.74, 6) is -0.931. The number of carboxylic acids is 1. The lowest BCUT2D eigenvalue weighted by molar-refractivity contribution is -0.136. The maximum absolute atomic E-state index is 12.2. The molecule has 0 atom stereocenters. The number of anilines is 1. The zero-order valence-corrected chi connectivity index (χ0v) is 9.98. The van der Waals surface area contributed by atoms with Gasteiger partial charge in [-0.25, -0.2) is 9.97 Å². The maximum Gasteiger partial charge on any atom is 0.305 e. The number of imidazole rings is 1. The summed E-state index contributed by atoms with van der Waals surface area (Å²) in [6.45, 7) is 0.0458. The molecule has 0 aliphatic rings. The van der Waals surface area contributed by atoms with E-state index in [9.17, 15) is 9.59 Å². The third kappa shape index (κ3) is 3.15. The van der Waals surface area contributed by atoms with Crippen LogP contribution in [-0.4, -0.2) is 38.5 Å². The highest BCUT2D eigenvalue weighted by Crippen LogP contribution is 2.13. The van der Waals surface area contributed by atoms with Crippen molar-refractivity contribution in [2.75, 3.05) is 11.4 Å². The number of hydrogen-bond acceptors (Lipinski definition) is 4. The summed E-state index contributed by atoms with van der Waals surface area (Å²) in [5, 5.41) is 8.74. The van der Waals surface area contributed by atoms with Crippen molar-refractivity contribution in [2.24, 2.45) is 0 Å². The molecule has 0 aliphatic carbocycles. The zero-order chi connectivity index (χ0) is 13.7. The second-order valence-electron chi connectivity index (χ2n) is 3.75. The van der Waals surface area contributed by atoms with Crippen molar-refractivity contribution in [1.82, 2.24) is 15.0 Å². The Morgan fingerprint density at radius 2 is 2.21 bits per heavy atom. The fourth-order valence-corrected chi connectivity index (χ4v) is 1.56. The second-order valence-corrected chi connectivity index (χ2v) is 3.75.